The van der Waals surface area contributed by atoms with Gasteiger partial charge in [-0.25, -0.2) is 0 Å². The van der Waals surface area contributed by atoms with E-state index in [4.69, 9.17) is 0 Å². The van der Waals surface area contributed by atoms with Gasteiger partial charge >= 0.3 is 0 Å². The number of thiophene rings is 1. The second kappa shape index (κ2) is 10.4. The van der Waals surface area contributed by atoms with Gasteiger partial charge in [-0.05, 0) is 31.5 Å². The number of carbonyl (C=O) groups excluding carboxylic acids is 1. The number of nitrogens with one attached hydrogen (secondary N) is 1. The number of carbonyl (C=O) groups is 1. The van der Waals surface area contributed by atoms with Gasteiger partial charge in [-0.1, -0.05) is 43.2 Å². The molecule has 0 unspecified atom stereocenters. The fraction of sp³-hybridized carbons (Fsp3) is 0.542. The van der Waals surface area contributed by atoms with Crippen LogP contribution in [0.4, 0.5) is 5.00 Å². The summed E-state index contributed by atoms with van der Waals surface area (Å²) in [6.45, 7) is 8.20. The van der Waals surface area contributed by atoms with E-state index in [2.05, 4.69) is 57.4 Å². The summed E-state index contributed by atoms with van der Waals surface area (Å²) in [5.74, 6) is 0.0624. The van der Waals surface area contributed by atoms with Gasteiger partial charge < -0.3 is 15.1 Å². The molecule has 1 aromatic heterocycles. The number of likely N-dealkylation sites (N-methyl/N-ethyl adjacent to an activating group) is 1. The second-order valence-electron chi connectivity index (χ2n) is 8.50. The number of hydrogen-bond acceptors (Lipinski definition) is 5. The Bertz CT molecular complexity index is 806. The van der Waals surface area contributed by atoms with Crippen LogP contribution in [0.1, 0.15) is 35.4 Å². The van der Waals surface area contributed by atoms with Crippen molar-refractivity contribution >= 4 is 22.2 Å². The quantitative estimate of drug-likeness (QED) is 0.763. The van der Waals surface area contributed by atoms with Crippen LogP contribution >= 0.6 is 11.3 Å². The summed E-state index contributed by atoms with van der Waals surface area (Å²) >= 11 is 1.66. The van der Waals surface area contributed by atoms with E-state index < -0.39 is 0 Å². The van der Waals surface area contributed by atoms with E-state index in [9.17, 15) is 4.79 Å². The monoisotopic (exact) mass is 426 g/mol. The number of amides is 1. The van der Waals surface area contributed by atoms with E-state index >= 15 is 0 Å². The third kappa shape index (κ3) is 5.42. The lowest BCUT2D eigenvalue weighted by molar-refractivity contribution is 0.0945. The van der Waals surface area contributed by atoms with Crippen molar-refractivity contribution in [1.82, 2.24) is 15.1 Å². The minimum atomic E-state index is 0.0624. The molecule has 1 aromatic carbocycles. The molecule has 2 fully saturated rings. The fourth-order valence-corrected chi connectivity index (χ4v) is 5.46. The maximum Gasteiger partial charge on any atom is 0.261 e. The first-order valence-corrected chi connectivity index (χ1v) is 12.2. The highest BCUT2D eigenvalue weighted by Gasteiger charge is 2.21. The van der Waals surface area contributed by atoms with Gasteiger partial charge in [-0.15, -0.1) is 11.3 Å². The zero-order valence-electron chi connectivity index (χ0n) is 18.1. The first kappa shape index (κ1) is 21.3. The molecule has 0 radical (unpaired) electrons. The molecular formula is C24H34N4OS. The molecule has 162 valence electrons. The Morgan fingerprint density at radius 3 is 2.37 bits per heavy atom. The number of piperazine rings is 1. The van der Waals surface area contributed by atoms with Crippen LogP contribution in [0, 0.1) is 0 Å². The van der Waals surface area contributed by atoms with Crippen LogP contribution in [0.3, 0.4) is 0 Å². The number of nitrogens with zero attached hydrogens (tertiary/aromatic N) is 3. The van der Waals surface area contributed by atoms with E-state index in [1.807, 2.05) is 6.07 Å². The lowest BCUT2D eigenvalue weighted by Gasteiger charge is -2.32. The molecule has 0 saturated carbocycles. The molecule has 3 heterocycles. The van der Waals surface area contributed by atoms with E-state index in [0.717, 1.165) is 50.7 Å². The van der Waals surface area contributed by atoms with Gasteiger partial charge in [0.25, 0.3) is 5.91 Å². The Morgan fingerprint density at radius 1 is 0.967 bits per heavy atom. The number of anilines is 1. The minimum Gasteiger partial charge on any atom is -0.363 e. The maximum atomic E-state index is 12.9. The average Bonchev–Trinajstić information content (AvgIpc) is 3.04. The van der Waals surface area contributed by atoms with Gasteiger partial charge in [-0.3, -0.25) is 9.69 Å². The van der Waals surface area contributed by atoms with Gasteiger partial charge in [-0.2, -0.15) is 0 Å². The zero-order valence-corrected chi connectivity index (χ0v) is 18.9. The number of benzene rings is 1. The van der Waals surface area contributed by atoms with Crippen molar-refractivity contribution in [3.63, 3.8) is 0 Å². The molecule has 5 nitrogen and oxygen atoms in total. The van der Waals surface area contributed by atoms with Crippen molar-refractivity contribution in [2.45, 2.75) is 25.7 Å². The molecule has 1 N–H and O–H groups in total. The normalized spacial score (nSPS) is 18.9. The highest BCUT2D eigenvalue weighted by Crippen LogP contribution is 2.39. The van der Waals surface area contributed by atoms with Crippen molar-refractivity contribution < 1.29 is 4.79 Å². The van der Waals surface area contributed by atoms with Gasteiger partial charge in [0.05, 0.1) is 9.88 Å². The topological polar surface area (TPSA) is 38.8 Å². The molecule has 30 heavy (non-hydrogen) atoms. The minimum absolute atomic E-state index is 0.0624. The Kier molecular flexibility index (Phi) is 7.42. The Balaban J connectivity index is 1.45. The largest absolute Gasteiger partial charge is 0.363 e. The van der Waals surface area contributed by atoms with Crippen LogP contribution < -0.4 is 10.2 Å². The van der Waals surface area contributed by atoms with Gasteiger partial charge in [0.1, 0.15) is 0 Å². The number of hydrogen-bond donors (Lipinski definition) is 1. The van der Waals surface area contributed by atoms with E-state index in [1.165, 1.54) is 41.8 Å². The van der Waals surface area contributed by atoms with Crippen LogP contribution in [0.15, 0.2) is 36.4 Å². The first-order chi connectivity index (χ1) is 14.7. The second-order valence-corrected chi connectivity index (χ2v) is 9.53. The van der Waals surface area contributed by atoms with Crippen molar-refractivity contribution in [1.29, 1.82) is 0 Å². The third-order valence-electron chi connectivity index (χ3n) is 6.22. The fourth-order valence-electron chi connectivity index (χ4n) is 4.31. The van der Waals surface area contributed by atoms with Crippen molar-refractivity contribution in [3.8, 4) is 11.1 Å². The summed E-state index contributed by atoms with van der Waals surface area (Å²) in [5.41, 5.74) is 2.40. The van der Waals surface area contributed by atoms with Gasteiger partial charge in [0.15, 0.2) is 0 Å². The van der Waals surface area contributed by atoms with Crippen molar-refractivity contribution in [2.75, 3.05) is 64.3 Å². The molecule has 4 rings (SSSR count). The number of rotatable bonds is 6. The molecule has 0 atom stereocenters. The summed E-state index contributed by atoms with van der Waals surface area (Å²) < 4.78 is 0. The van der Waals surface area contributed by atoms with Crippen molar-refractivity contribution in [3.05, 3.63) is 41.3 Å². The molecule has 2 saturated heterocycles. The van der Waals surface area contributed by atoms with Crippen LogP contribution in [0.5, 0.6) is 0 Å². The van der Waals surface area contributed by atoms with Crippen molar-refractivity contribution in [2.24, 2.45) is 0 Å². The lowest BCUT2D eigenvalue weighted by atomic mass is 10.1. The van der Waals surface area contributed by atoms with Gasteiger partial charge in [0.2, 0.25) is 0 Å². The third-order valence-corrected chi connectivity index (χ3v) is 7.42. The Morgan fingerprint density at radius 2 is 1.67 bits per heavy atom. The smallest absolute Gasteiger partial charge is 0.261 e. The zero-order chi connectivity index (χ0) is 20.8. The molecular weight excluding hydrogens is 392 g/mol. The maximum absolute atomic E-state index is 12.9. The average molecular weight is 427 g/mol. The predicted octanol–water partition coefficient (Wildman–Crippen LogP) is 3.77. The summed E-state index contributed by atoms with van der Waals surface area (Å²) in [6, 6.07) is 12.6. The van der Waals surface area contributed by atoms with Crippen LogP contribution in [-0.4, -0.2) is 75.1 Å². The van der Waals surface area contributed by atoms with E-state index in [-0.39, 0.29) is 5.91 Å². The van der Waals surface area contributed by atoms with E-state index in [0.29, 0.717) is 6.54 Å². The van der Waals surface area contributed by atoms with Gasteiger partial charge in [0, 0.05) is 57.9 Å². The Hall–Kier alpha value is -1.89. The molecule has 6 heteroatoms. The summed E-state index contributed by atoms with van der Waals surface area (Å²) in [4.78, 5) is 21.1. The van der Waals surface area contributed by atoms with Crippen LogP contribution in [0.2, 0.25) is 0 Å². The molecule has 0 bridgehead atoms. The van der Waals surface area contributed by atoms with Crippen LogP contribution in [-0.2, 0) is 0 Å². The molecule has 0 spiro atoms. The Labute approximate surface area is 184 Å². The predicted molar refractivity (Wildman–Crippen MR) is 127 cm³/mol. The summed E-state index contributed by atoms with van der Waals surface area (Å²) in [6.07, 6.45) is 5.09. The summed E-state index contributed by atoms with van der Waals surface area (Å²) in [7, 11) is 2.17. The lowest BCUT2D eigenvalue weighted by Crippen LogP contribution is -2.46. The molecule has 1 amide bonds. The molecule has 2 aliphatic heterocycles. The first-order valence-electron chi connectivity index (χ1n) is 11.3. The standard InChI is InChI=1S/C24H34N4OS/c1-26-15-17-27(18-16-26)14-11-25-23(29)22-19-21(20-9-5-4-6-10-20)24(30-22)28-12-7-2-3-8-13-28/h4-6,9-10,19H,2-3,7-8,11-18H2,1H3,(H,25,29). The highest BCUT2D eigenvalue weighted by atomic mass is 32.1. The van der Waals surface area contributed by atoms with Crippen LogP contribution in [0.25, 0.3) is 11.1 Å². The molecule has 2 aromatic rings. The SMILES string of the molecule is CN1CCN(CCNC(=O)c2cc(-c3ccccc3)c(N3CCCCCC3)s2)CC1. The summed E-state index contributed by atoms with van der Waals surface area (Å²) in [5, 5.41) is 4.42. The van der Waals surface area contributed by atoms with E-state index in [1.54, 1.807) is 11.3 Å². The molecule has 0 aliphatic carbocycles. The molecule has 2 aliphatic rings. The highest BCUT2D eigenvalue weighted by molar-refractivity contribution is 7.18.